The minimum Gasteiger partial charge on any atom is -0.418 e. The van der Waals surface area contributed by atoms with Crippen LogP contribution in [-0.4, -0.2) is 22.9 Å². The smallest absolute Gasteiger partial charge is 0.246 e. The molecule has 7 heavy (non-hydrogen) atoms. The van der Waals surface area contributed by atoms with E-state index in [1.807, 2.05) is 0 Å². The van der Waals surface area contributed by atoms with Crippen LogP contribution in [0.1, 0.15) is 13.3 Å². The van der Waals surface area contributed by atoms with Crippen molar-refractivity contribution in [3.05, 3.63) is 0 Å². The summed E-state index contributed by atoms with van der Waals surface area (Å²) in [4.78, 5) is 10.1. The fraction of sp³-hybridized carbons (Fsp3) is 0.750. The Hall–Kier alpha value is -0.153. The Bertz CT molecular complexity index is 62.7. The van der Waals surface area contributed by atoms with Gasteiger partial charge < -0.3 is 4.43 Å². The molecular formula is C4H7O2Si. The van der Waals surface area contributed by atoms with Gasteiger partial charge in [0, 0.05) is 13.0 Å². The maximum Gasteiger partial charge on any atom is 0.246 e. The van der Waals surface area contributed by atoms with Crippen molar-refractivity contribution in [2.45, 2.75) is 13.3 Å². The van der Waals surface area contributed by atoms with Gasteiger partial charge in [-0.15, -0.1) is 0 Å². The molecule has 0 saturated carbocycles. The SMILES string of the molecule is CC(=O)CCO[Si]. The molecule has 0 aliphatic heterocycles. The standard InChI is InChI=1S/C4H7O2Si/c1-4(5)2-3-6-7/h2-3H2,1H3. The highest BCUT2D eigenvalue weighted by Gasteiger charge is 1.87. The molecule has 3 heteroatoms. The van der Waals surface area contributed by atoms with Crippen molar-refractivity contribution in [3.63, 3.8) is 0 Å². The first-order chi connectivity index (χ1) is 3.27. The molecule has 0 fully saturated rings. The van der Waals surface area contributed by atoms with Crippen LogP contribution >= 0.6 is 0 Å². The zero-order chi connectivity index (χ0) is 5.70. The first-order valence-corrected chi connectivity index (χ1v) is 2.46. The van der Waals surface area contributed by atoms with E-state index in [-0.39, 0.29) is 5.78 Å². The quantitative estimate of drug-likeness (QED) is 0.486. The van der Waals surface area contributed by atoms with E-state index in [1.165, 1.54) is 6.92 Å². The fourth-order valence-corrected chi connectivity index (χ4v) is 0.297. The Morgan fingerprint density at radius 2 is 2.43 bits per heavy atom. The number of ketones is 1. The number of hydrogen-bond donors (Lipinski definition) is 0. The van der Waals surface area contributed by atoms with Crippen LogP contribution in [0.4, 0.5) is 0 Å². The van der Waals surface area contributed by atoms with Gasteiger partial charge in [0.2, 0.25) is 10.5 Å². The Morgan fingerprint density at radius 3 is 2.57 bits per heavy atom. The monoisotopic (exact) mass is 115 g/mol. The minimum atomic E-state index is 0.151. The van der Waals surface area contributed by atoms with E-state index in [0.29, 0.717) is 13.0 Å². The molecule has 0 saturated heterocycles. The van der Waals surface area contributed by atoms with Gasteiger partial charge in [0.05, 0.1) is 0 Å². The largest absolute Gasteiger partial charge is 0.418 e. The summed E-state index contributed by atoms with van der Waals surface area (Å²) in [5.41, 5.74) is 0. The molecule has 2 nitrogen and oxygen atoms in total. The van der Waals surface area contributed by atoms with Crippen molar-refractivity contribution in [3.8, 4) is 0 Å². The Labute approximate surface area is 46.4 Å². The maximum atomic E-state index is 10.1. The van der Waals surface area contributed by atoms with Crippen LogP contribution in [0.5, 0.6) is 0 Å². The summed E-state index contributed by atoms with van der Waals surface area (Å²) in [5.74, 6) is 0.151. The van der Waals surface area contributed by atoms with Gasteiger partial charge >= 0.3 is 0 Å². The lowest BCUT2D eigenvalue weighted by molar-refractivity contribution is -0.117. The highest BCUT2D eigenvalue weighted by Crippen LogP contribution is 1.78. The molecular weight excluding hydrogens is 108 g/mol. The van der Waals surface area contributed by atoms with Gasteiger partial charge in [0.1, 0.15) is 5.78 Å². The lowest BCUT2D eigenvalue weighted by Gasteiger charge is -1.89. The number of carbonyl (C=O) groups is 1. The molecule has 0 amide bonds. The van der Waals surface area contributed by atoms with Crippen LogP contribution in [0.25, 0.3) is 0 Å². The van der Waals surface area contributed by atoms with Gasteiger partial charge in [-0.05, 0) is 6.92 Å². The van der Waals surface area contributed by atoms with Crippen molar-refractivity contribution in [2.75, 3.05) is 6.61 Å². The third kappa shape index (κ3) is 5.85. The van der Waals surface area contributed by atoms with Crippen LogP contribution in [0.2, 0.25) is 0 Å². The topological polar surface area (TPSA) is 26.3 Å². The third-order valence-corrected chi connectivity index (χ3v) is 0.760. The summed E-state index contributed by atoms with van der Waals surface area (Å²) in [6.45, 7) is 2.00. The molecule has 0 heterocycles. The van der Waals surface area contributed by atoms with Crippen LogP contribution < -0.4 is 0 Å². The molecule has 3 radical (unpaired) electrons. The van der Waals surface area contributed by atoms with Gasteiger partial charge in [-0.2, -0.15) is 0 Å². The van der Waals surface area contributed by atoms with Crippen LogP contribution in [0, 0.1) is 0 Å². The number of rotatable bonds is 3. The summed E-state index contributed by atoms with van der Waals surface area (Å²) in [5, 5.41) is 0. The van der Waals surface area contributed by atoms with Crippen molar-refractivity contribution >= 4 is 16.3 Å². The zero-order valence-corrected chi connectivity index (χ0v) is 5.23. The van der Waals surface area contributed by atoms with E-state index < -0.39 is 0 Å². The van der Waals surface area contributed by atoms with E-state index in [2.05, 4.69) is 14.9 Å². The third-order valence-electron chi connectivity index (χ3n) is 0.556. The molecule has 0 rings (SSSR count). The van der Waals surface area contributed by atoms with E-state index in [1.54, 1.807) is 0 Å². The van der Waals surface area contributed by atoms with Gasteiger partial charge in [-0.25, -0.2) is 0 Å². The Kier molecular flexibility index (Phi) is 3.93. The average molecular weight is 115 g/mol. The first-order valence-electron chi connectivity index (χ1n) is 2.05. The second-order valence-corrected chi connectivity index (χ2v) is 1.59. The molecule has 0 atom stereocenters. The van der Waals surface area contributed by atoms with Gasteiger partial charge in [-0.1, -0.05) is 0 Å². The first kappa shape index (κ1) is 6.85. The second kappa shape index (κ2) is 4.02. The minimum absolute atomic E-state index is 0.151. The predicted octanol–water partition coefficient (Wildman–Crippen LogP) is 0.0656. The van der Waals surface area contributed by atoms with Crippen molar-refractivity contribution < 1.29 is 9.22 Å². The van der Waals surface area contributed by atoms with Gasteiger partial charge in [0.25, 0.3) is 0 Å². The predicted molar refractivity (Wildman–Crippen MR) is 27.0 cm³/mol. The lowest BCUT2D eigenvalue weighted by Crippen LogP contribution is -1.96. The number of carbonyl (C=O) groups excluding carboxylic acids is 1. The van der Waals surface area contributed by atoms with E-state index in [0.717, 1.165) is 0 Å². The van der Waals surface area contributed by atoms with Crippen LogP contribution in [-0.2, 0) is 9.22 Å². The Balaban J connectivity index is 2.82. The van der Waals surface area contributed by atoms with Crippen LogP contribution in [0.3, 0.4) is 0 Å². The molecule has 0 spiro atoms. The van der Waals surface area contributed by atoms with Gasteiger partial charge in [0.15, 0.2) is 0 Å². The normalized spacial score (nSPS) is 8.86. The molecule has 0 aliphatic carbocycles. The van der Waals surface area contributed by atoms with Crippen molar-refractivity contribution in [1.29, 1.82) is 0 Å². The molecule has 0 aromatic carbocycles. The van der Waals surface area contributed by atoms with E-state index >= 15 is 0 Å². The number of hydrogen-bond acceptors (Lipinski definition) is 2. The molecule has 0 aromatic heterocycles. The second-order valence-electron chi connectivity index (χ2n) is 1.30. The zero-order valence-electron chi connectivity index (χ0n) is 4.23. The summed E-state index contributed by atoms with van der Waals surface area (Å²) in [7, 11) is 2.77. The van der Waals surface area contributed by atoms with E-state index in [4.69, 9.17) is 0 Å². The Morgan fingerprint density at radius 1 is 1.86 bits per heavy atom. The summed E-state index contributed by atoms with van der Waals surface area (Å²) >= 11 is 0. The molecule has 0 bridgehead atoms. The number of Topliss-reactive ketones (excluding diaryl/α,β-unsaturated/α-hetero) is 1. The molecule has 0 aromatic rings. The highest BCUT2D eigenvalue weighted by atomic mass is 28.2. The van der Waals surface area contributed by atoms with E-state index in [9.17, 15) is 4.79 Å². The summed E-state index contributed by atoms with van der Waals surface area (Å²) in [6.07, 6.45) is 0.490. The molecule has 0 aliphatic rings. The fourth-order valence-electron chi connectivity index (χ4n) is 0.195. The summed E-state index contributed by atoms with van der Waals surface area (Å²) in [6, 6.07) is 0. The molecule has 0 N–H and O–H groups in total. The molecule has 39 valence electrons. The van der Waals surface area contributed by atoms with Crippen molar-refractivity contribution in [1.82, 2.24) is 0 Å². The lowest BCUT2D eigenvalue weighted by atomic mass is 10.3. The average Bonchev–Trinajstić information content (AvgIpc) is 1.61. The summed E-state index contributed by atoms with van der Waals surface area (Å²) < 4.78 is 4.44. The van der Waals surface area contributed by atoms with Gasteiger partial charge in [-0.3, -0.25) is 4.79 Å². The maximum absolute atomic E-state index is 10.1. The molecule has 0 unspecified atom stereocenters. The van der Waals surface area contributed by atoms with Crippen LogP contribution in [0.15, 0.2) is 0 Å². The highest BCUT2D eigenvalue weighted by molar-refractivity contribution is 5.98. The van der Waals surface area contributed by atoms with Crippen molar-refractivity contribution in [2.24, 2.45) is 0 Å².